The molecule has 0 amide bonds. The van der Waals surface area contributed by atoms with E-state index in [9.17, 15) is 8.42 Å². The van der Waals surface area contributed by atoms with Crippen molar-refractivity contribution >= 4 is 15.7 Å². The fourth-order valence-electron chi connectivity index (χ4n) is 2.68. The molecule has 0 saturated carbocycles. The van der Waals surface area contributed by atoms with Crippen molar-refractivity contribution in [2.45, 2.75) is 18.7 Å². The third kappa shape index (κ3) is 3.72. The van der Waals surface area contributed by atoms with Gasteiger partial charge in [-0.3, -0.25) is 4.72 Å². The van der Waals surface area contributed by atoms with Crippen LogP contribution in [0, 0.1) is 13.8 Å². The van der Waals surface area contributed by atoms with E-state index in [4.69, 9.17) is 9.47 Å². The van der Waals surface area contributed by atoms with Crippen molar-refractivity contribution in [1.82, 2.24) is 14.8 Å². The molecule has 0 aliphatic heterocycles. The smallest absolute Gasteiger partial charge is 0.262 e. The van der Waals surface area contributed by atoms with Crippen molar-refractivity contribution in [3.8, 4) is 17.3 Å². The van der Waals surface area contributed by atoms with Crippen molar-refractivity contribution in [2.75, 3.05) is 18.9 Å². The lowest BCUT2D eigenvalue weighted by Gasteiger charge is -2.14. The first-order valence-electron chi connectivity index (χ1n) is 8.09. The summed E-state index contributed by atoms with van der Waals surface area (Å²) in [4.78, 5) is 4.34. The zero-order valence-corrected chi connectivity index (χ0v) is 16.2. The Labute approximate surface area is 157 Å². The molecule has 27 heavy (non-hydrogen) atoms. The monoisotopic (exact) mass is 388 g/mol. The van der Waals surface area contributed by atoms with Gasteiger partial charge < -0.3 is 9.47 Å². The average Bonchev–Trinajstić information content (AvgIpc) is 2.99. The van der Waals surface area contributed by atoms with Gasteiger partial charge in [0.25, 0.3) is 10.0 Å². The van der Waals surface area contributed by atoms with Gasteiger partial charge in [0, 0.05) is 18.0 Å². The van der Waals surface area contributed by atoms with Crippen molar-refractivity contribution in [3.05, 3.63) is 54.0 Å². The molecule has 0 atom stereocenters. The number of benzene rings is 1. The molecule has 3 aromatic rings. The van der Waals surface area contributed by atoms with Crippen LogP contribution < -0.4 is 14.2 Å². The molecule has 3 rings (SSSR count). The molecule has 2 aromatic heterocycles. The van der Waals surface area contributed by atoms with Crippen LogP contribution in [0.4, 0.5) is 5.69 Å². The van der Waals surface area contributed by atoms with Crippen molar-refractivity contribution in [1.29, 1.82) is 0 Å². The van der Waals surface area contributed by atoms with E-state index >= 15 is 0 Å². The third-order valence-corrected chi connectivity index (χ3v) is 5.27. The molecule has 2 heterocycles. The highest BCUT2D eigenvalue weighted by atomic mass is 32.2. The second-order valence-electron chi connectivity index (χ2n) is 5.84. The fraction of sp³-hybridized carbons (Fsp3) is 0.222. The Bertz CT molecular complexity index is 1080. The van der Waals surface area contributed by atoms with Crippen LogP contribution in [0.2, 0.25) is 0 Å². The van der Waals surface area contributed by atoms with Gasteiger partial charge in [0.2, 0.25) is 0 Å². The van der Waals surface area contributed by atoms with Crippen LogP contribution in [0.1, 0.15) is 11.4 Å². The van der Waals surface area contributed by atoms with Gasteiger partial charge in [0.1, 0.15) is 0 Å². The maximum Gasteiger partial charge on any atom is 0.262 e. The van der Waals surface area contributed by atoms with Gasteiger partial charge in [0.15, 0.2) is 17.3 Å². The van der Waals surface area contributed by atoms with Crippen LogP contribution in [0.15, 0.2) is 47.5 Å². The molecule has 0 unspecified atom stereocenters. The summed E-state index contributed by atoms with van der Waals surface area (Å²) < 4.78 is 40.3. The first kappa shape index (κ1) is 18.7. The number of aromatic nitrogens is 3. The summed E-state index contributed by atoms with van der Waals surface area (Å²) in [6.07, 6.45) is 1.58. The molecular formula is C18H20N4O4S. The molecule has 0 fully saturated rings. The SMILES string of the molecule is COc1ccc(S(=O)(=O)Nc2cccnc2-n2nc(C)cc2C)cc1OC. The van der Waals surface area contributed by atoms with Crippen LogP contribution in [-0.4, -0.2) is 37.4 Å². The molecule has 1 aromatic carbocycles. The quantitative estimate of drug-likeness (QED) is 0.698. The lowest BCUT2D eigenvalue weighted by molar-refractivity contribution is 0.354. The minimum atomic E-state index is -3.87. The zero-order chi connectivity index (χ0) is 19.6. The molecule has 9 heteroatoms. The molecular weight excluding hydrogens is 368 g/mol. The molecule has 1 N–H and O–H groups in total. The third-order valence-electron chi connectivity index (χ3n) is 3.91. The maximum absolute atomic E-state index is 12.9. The summed E-state index contributed by atoms with van der Waals surface area (Å²) in [6.45, 7) is 3.74. The molecule has 142 valence electrons. The predicted molar refractivity (Wildman–Crippen MR) is 101 cm³/mol. The summed E-state index contributed by atoms with van der Waals surface area (Å²) in [7, 11) is -0.939. The number of nitrogens with one attached hydrogen (secondary N) is 1. The number of nitrogens with zero attached hydrogens (tertiary/aromatic N) is 3. The summed E-state index contributed by atoms with van der Waals surface area (Å²) in [5.74, 6) is 1.17. The minimum absolute atomic E-state index is 0.0447. The largest absolute Gasteiger partial charge is 0.493 e. The normalized spacial score (nSPS) is 11.3. The van der Waals surface area contributed by atoms with Crippen LogP contribution in [0.5, 0.6) is 11.5 Å². The second kappa shape index (κ2) is 7.28. The highest BCUT2D eigenvalue weighted by Crippen LogP contribution is 2.30. The van der Waals surface area contributed by atoms with E-state index in [0.29, 0.717) is 23.0 Å². The van der Waals surface area contributed by atoms with Crippen LogP contribution in [0.25, 0.3) is 5.82 Å². The number of sulfonamides is 1. The van der Waals surface area contributed by atoms with Crippen molar-refractivity contribution in [2.24, 2.45) is 0 Å². The lowest BCUT2D eigenvalue weighted by Crippen LogP contribution is -2.16. The highest BCUT2D eigenvalue weighted by Gasteiger charge is 2.20. The standard InChI is InChI=1S/C18H20N4O4S/c1-12-10-13(2)22(20-12)18-15(6-5-9-19-18)21-27(23,24)14-7-8-16(25-3)17(11-14)26-4/h5-11,21H,1-4H3. The minimum Gasteiger partial charge on any atom is -0.493 e. The Balaban J connectivity index is 2.02. The Morgan fingerprint density at radius 1 is 1.04 bits per heavy atom. The van der Waals surface area contributed by atoms with Gasteiger partial charge >= 0.3 is 0 Å². The van der Waals surface area contributed by atoms with Crippen molar-refractivity contribution in [3.63, 3.8) is 0 Å². The summed E-state index contributed by atoms with van der Waals surface area (Å²) in [5.41, 5.74) is 1.98. The first-order chi connectivity index (χ1) is 12.9. The summed E-state index contributed by atoms with van der Waals surface area (Å²) in [6, 6.07) is 9.57. The Kier molecular flexibility index (Phi) is 5.04. The van der Waals surface area contributed by atoms with E-state index in [2.05, 4.69) is 14.8 Å². The topological polar surface area (TPSA) is 95.3 Å². The highest BCUT2D eigenvalue weighted by molar-refractivity contribution is 7.92. The summed E-state index contributed by atoms with van der Waals surface area (Å²) >= 11 is 0. The van der Waals surface area contributed by atoms with E-state index in [1.54, 1.807) is 29.1 Å². The van der Waals surface area contributed by atoms with Gasteiger partial charge in [-0.25, -0.2) is 18.1 Å². The number of ether oxygens (including phenoxy) is 2. The Hall–Kier alpha value is -3.07. The second-order valence-corrected chi connectivity index (χ2v) is 7.52. The van der Waals surface area contributed by atoms with Gasteiger partial charge in [-0.2, -0.15) is 5.10 Å². The predicted octanol–water partition coefficient (Wildman–Crippen LogP) is 2.70. The Morgan fingerprint density at radius 2 is 1.78 bits per heavy atom. The molecule has 0 aliphatic carbocycles. The number of hydrogen-bond donors (Lipinski definition) is 1. The van der Waals surface area contributed by atoms with E-state index in [0.717, 1.165) is 11.4 Å². The number of hydrogen-bond acceptors (Lipinski definition) is 6. The molecule has 8 nitrogen and oxygen atoms in total. The van der Waals surface area contributed by atoms with Gasteiger partial charge in [-0.1, -0.05) is 0 Å². The van der Waals surface area contributed by atoms with E-state index in [-0.39, 0.29) is 4.90 Å². The van der Waals surface area contributed by atoms with Crippen molar-refractivity contribution < 1.29 is 17.9 Å². The van der Waals surface area contributed by atoms with Gasteiger partial charge in [-0.05, 0) is 44.2 Å². The van der Waals surface area contributed by atoms with E-state index < -0.39 is 10.0 Å². The van der Waals surface area contributed by atoms with Crippen LogP contribution >= 0.6 is 0 Å². The van der Waals surface area contributed by atoms with Crippen LogP contribution in [-0.2, 0) is 10.0 Å². The average molecular weight is 388 g/mol. The molecule has 0 spiro atoms. The zero-order valence-electron chi connectivity index (χ0n) is 15.4. The first-order valence-corrected chi connectivity index (χ1v) is 9.57. The van der Waals surface area contributed by atoms with E-state index in [1.807, 2.05) is 19.9 Å². The number of rotatable bonds is 6. The molecule has 0 bridgehead atoms. The summed E-state index contributed by atoms with van der Waals surface area (Å²) in [5, 5.41) is 4.38. The maximum atomic E-state index is 12.9. The number of pyridine rings is 1. The van der Waals surface area contributed by atoms with Gasteiger partial charge in [-0.15, -0.1) is 0 Å². The molecule has 0 saturated heterocycles. The number of aryl methyl sites for hydroxylation is 2. The molecule has 0 radical (unpaired) electrons. The Morgan fingerprint density at radius 3 is 2.41 bits per heavy atom. The van der Waals surface area contributed by atoms with Crippen LogP contribution in [0.3, 0.4) is 0 Å². The van der Waals surface area contributed by atoms with Gasteiger partial charge in [0.05, 0.1) is 30.5 Å². The van der Waals surface area contributed by atoms with E-state index in [1.165, 1.54) is 26.4 Å². The molecule has 0 aliphatic rings. The number of anilines is 1. The number of methoxy groups -OCH3 is 2. The fourth-order valence-corrected chi connectivity index (χ4v) is 3.75. The lowest BCUT2D eigenvalue weighted by atomic mass is 10.3.